The molecule has 2 heterocycles. The molecule has 0 spiro atoms. The summed E-state index contributed by atoms with van der Waals surface area (Å²) in [7, 11) is 0. The third-order valence-corrected chi connectivity index (χ3v) is 4.07. The van der Waals surface area contributed by atoms with Gasteiger partial charge in [0, 0.05) is 30.5 Å². The Kier molecular flexibility index (Phi) is 4.67. The number of carboxylic acid groups (broad SMARTS) is 1. The molecule has 1 aliphatic heterocycles. The number of allylic oxidation sites excluding steroid dienone is 3. The van der Waals surface area contributed by atoms with Gasteiger partial charge in [0.25, 0.3) is 0 Å². The number of halogens is 3. The normalized spacial score (nSPS) is 15.8. The van der Waals surface area contributed by atoms with Crippen molar-refractivity contribution in [3.8, 4) is 0 Å². The van der Waals surface area contributed by atoms with Gasteiger partial charge in [-0.05, 0) is 31.2 Å². The van der Waals surface area contributed by atoms with E-state index < -0.39 is 23.8 Å². The van der Waals surface area contributed by atoms with Gasteiger partial charge in [-0.15, -0.1) is 0 Å². The Hall–Kier alpha value is -2.90. The first kappa shape index (κ1) is 17.9. The molecule has 1 N–H and O–H groups in total. The molecule has 1 atom stereocenters. The van der Waals surface area contributed by atoms with Crippen LogP contribution < -0.4 is 0 Å². The van der Waals surface area contributed by atoms with E-state index in [1.54, 1.807) is 30.0 Å². The van der Waals surface area contributed by atoms with Gasteiger partial charge in [0.1, 0.15) is 5.82 Å². The zero-order chi connectivity index (χ0) is 18.9. The Morgan fingerprint density at radius 2 is 2.15 bits per heavy atom. The van der Waals surface area contributed by atoms with Crippen LogP contribution in [0, 0.1) is 0 Å². The monoisotopic (exact) mass is 363 g/mol. The number of rotatable bonds is 4. The van der Waals surface area contributed by atoms with Gasteiger partial charge < -0.3 is 9.67 Å². The van der Waals surface area contributed by atoms with Crippen LogP contribution in [0.15, 0.2) is 41.5 Å². The summed E-state index contributed by atoms with van der Waals surface area (Å²) < 4.78 is 40.7. The average molecular weight is 363 g/mol. The lowest BCUT2D eigenvalue weighted by molar-refractivity contribution is -0.138. The van der Waals surface area contributed by atoms with Crippen molar-refractivity contribution in [1.82, 2.24) is 9.55 Å². The van der Waals surface area contributed by atoms with Crippen molar-refractivity contribution in [2.75, 3.05) is 0 Å². The number of hydrogen-bond donors (Lipinski definition) is 1. The van der Waals surface area contributed by atoms with Crippen LogP contribution in [-0.2, 0) is 11.0 Å². The van der Waals surface area contributed by atoms with E-state index in [4.69, 9.17) is 5.11 Å². The van der Waals surface area contributed by atoms with Crippen molar-refractivity contribution >= 4 is 28.8 Å². The Morgan fingerprint density at radius 1 is 1.38 bits per heavy atom. The zero-order valence-corrected chi connectivity index (χ0v) is 13.9. The number of nitrogens with zero attached hydrogens (tertiary/aromatic N) is 3. The van der Waals surface area contributed by atoms with Gasteiger partial charge in [-0.2, -0.15) is 13.2 Å². The first-order valence-electron chi connectivity index (χ1n) is 7.97. The van der Waals surface area contributed by atoms with Crippen molar-refractivity contribution < 1.29 is 23.1 Å². The lowest BCUT2D eigenvalue weighted by atomic mass is 10.1. The molecule has 0 saturated carbocycles. The zero-order valence-electron chi connectivity index (χ0n) is 13.9. The Labute approximate surface area is 147 Å². The minimum absolute atomic E-state index is 0.173. The molecular weight excluding hydrogens is 347 g/mol. The predicted molar refractivity (Wildman–Crippen MR) is 91.9 cm³/mol. The van der Waals surface area contributed by atoms with Crippen LogP contribution >= 0.6 is 0 Å². The highest BCUT2D eigenvalue weighted by Crippen LogP contribution is 2.34. The molecule has 0 radical (unpaired) electrons. The molecule has 26 heavy (non-hydrogen) atoms. The van der Waals surface area contributed by atoms with E-state index in [-0.39, 0.29) is 11.9 Å². The molecule has 2 aromatic rings. The number of alkyl halides is 3. The standard InChI is InChI=1S/C18H16F3N3O2/c1-11(9-16(25)26)24-15-5-4-13(18(19,20)21)10-14(15)23-17(24)12-3-2-7-22-8-6-12/h3-8,10-11H,2,9H2,1H3,(H,25,26). The molecule has 0 bridgehead atoms. The summed E-state index contributed by atoms with van der Waals surface area (Å²) in [5.41, 5.74) is 0.526. The van der Waals surface area contributed by atoms with Crippen molar-refractivity contribution in [3.05, 3.63) is 47.9 Å². The Bertz CT molecular complexity index is 939. The molecule has 5 nitrogen and oxygen atoms in total. The quantitative estimate of drug-likeness (QED) is 0.872. The SMILES string of the molecule is CC(CC(=O)O)n1c(C2=CCC=NC=C2)nc2cc(C(F)(F)F)ccc21. The van der Waals surface area contributed by atoms with Gasteiger partial charge in [-0.1, -0.05) is 6.08 Å². The average Bonchev–Trinajstić information content (AvgIpc) is 2.72. The molecule has 1 aliphatic rings. The summed E-state index contributed by atoms with van der Waals surface area (Å²) in [6.07, 6.45) is 2.73. The topological polar surface area (TPSA) is 67.5 Å². The van der Waals surface area contributed by atoms with Crippen LogP contribution in [-0.4, -0.2) is 26.8 Å². The van der Waals surface area contributed by atoms with Crippen LogP contribution in [0.3, 0.4) is 0 Å². The third kappa shape index (κ3) is 3.54. The van der Waals surface area contributed by atoms with Crippen LogP contribution in [0.25, 0.3) is 16.6 Å². The second-order valence-electron chi connectivity index (χ2n) is 6.00. The van der Waals surface area contributed by atoms with Gasteiger partial charge in [0.2, 0.25) is 0 Å². The molecule has 8 heteroatoms. The van der Waals surface area contributed by atoms with Crippen molar-refractivity contribution in [2.45, 2.75) is 32.0 Å². The summed E-state index contributed by atoms with van der Waals surface area (Å²) in [5, 5.41) is 9.12. The minimum atomic E-state index is -4.47. The van der Waals surface area contributed by atoms with Crippen LogP contribution in [0.2, 0.25) is 0 Å². The molecule has 0 fully saturated rings. The highest BCUT2D eigenvalue weighted by atomic mass is 19.4. The fraction of sp³-hybridized carbons (Fsp3) is 0.278. The molecule has 1 aromatic carbocycles. The van der Waals surface area contributed by atoms with Crippen LogP contribution in [0.1, 0.15) is 37.2 Å². The maximum absolute atomic E-state index is 13.0. The maximum Gasteiger partial charge on any atom is 0.416 e. The van der Waals surface area contributed by atoms with E-state index in [1.807, 2.05) is 6.08 Å². The van der Waals surface area contributed by atoms with Gasteiger partial charge in [0.05, 0.1) is 23.0 Å². The fourth-order valence-electron chi connectivity index (χ4n) is 2.93. The number of imidazole rings is 1. The highest BCUT2D eigenvalue weighted by Gasteiger charge is 2.31. The number of fused-ring (bicyclic) bond motifs is 1. The molecule has 0 saturated heterocycles. The minimum Gasteiger partial charge on any atom is -0.481 e. The Balaban J connectivity index is 2.20. The molecule has 1 aromatic heterocycles. The van der Waals surface area contributed by atoms with Crippen LogP contribution in [0.5, 0.6) is 0 Å². The first-order chi connectivity index (χ1) is 12.3. The van der Waals surface area contributed by atoms with E-state index in [0.29, 0.717) is 23.3 Å². The summed E-state index contributed by atoms with van der Waals surface area (Å²) in [6.45, 7) is 1.70. The second kappa shape index (κ2) is 6.78. The van der Waals surface area contributed by atoms with E-state index in [9.17, 15) is 18.0 Å². The smallest absolute Gasteiger partial charge is 0.416 e. The number of carboxylic acids is 1. The number of benzene rings is 1. The van der Waals surface area contributed by atoms with E-state index >= 15 is 0 Å². The lowest BCUT2D eigenvalue weighted by Crippen LogP contribution is -2.13. The summed E-state index contributed by atoms with van der Waals surface area (Å²) in [4.78, 5) is 19.5. The molecule has 3 rings (SSSR count). The van der Waals surface area contributed by atoms with E-state index in [0.717, 1.165) is 12.1 Å². The maximum atomic E-state index is 13.0. The largest absolute Gasteiger partial charge is 0.481 e. The molecule has 0 aliphatic carbocycles. The van der Waals surface area contributed by atoms with E-state index in [1.165, 1.54) is 6.07 Å². The van der Waals surface area contributed by atoms with Crippen molar-refractivity contribution in [1.29, 1.82) is 0 Å². The van der Waals surface area contributed by atoms with Crippen molar-refractivity contribution in [2.24, 2.45) is 4.99 Å². The summed E-state index contributed by atoms with van der Waals surface area (Å²) >= 11 is 0. The number of aromatic nitrogens is 2. The van der Waals surface area contributed by atoms with E-state index in [2.05, 4.69) is 9.98 Å². The second-order valence-corrected chi connectivity index (χ2v) is 6.00. The number of aliphatic carboxylic acids is 1. The van der Waals surface area contributed by atoms with Gasteiger partial charge >= 0.3 is 12.1 Å². The van der Waals surface area contributed by atoms with Crippen molar-refractivity contribution in [3.63, 3.8) is 0 Å². The van der Waals surface area contributed by atoms with Gasteiger partial charge in [0.15, 0.2) is 0 Å². The predicted octanol–water partition coefficient (Wildman–Crippen LogP) is 4.46. The number of hydrogen-bond acceptors (Lipinski definition) is 3. The first-order valence-corrected chi connectivity index (χ1v) is 7.97. The number of aliphatic imine (C=N–C) groups is 1. The Morgan fingerprint density at radius 3 is 2.85 bits per heavy atom. The summed E-state index contributed by atoms with van der Waals surface area (Å²) in [6, 6.07) is 2.82. The lowest BCUT2D eigenvalue weighted by Gasteiger charge is -2.16. The fourth-order valence-corrected chi connectivity index (χ4v) is 2.93. The molecular formula is C18H16F3N3O2. The highest BCUT2D eigenvalue weighted by molar-refractivity contribution is 5.84. The molecule has 0 amide bonds. The number of carbonyl (C=O) groups is 1. The molecule has 136 valence electrons. The van der Waals surface area contributed by atoms with Gasteiger partial charge in [-0.25, -0.2) is 4.98 Å². The van der Waals surface area contributed by atoms with Crippen LogP contribution in [0.4, 0.5) is 13.2 Å². The molecule has 1 unspecified atom stereocenters. The van der Waals surface area contributed by atoms with Gasteiger partial charge in [-0.3, -0.25) is 9.79 Å². The summed E-state index contributed by atoms with van der Waals surface area (Å²) in [5.74, 6) is -0.569. The third-order valence-electron chi connectivity index (χ3n) is 4.07.